The second-order valence-corrected chi connectivity index (χ2v) is 6.25. The number of fused-ring (bicyclic) bond motifs is 1. The summed E-state index contributed by atoms with van der Waals surface area (Å²) in [5, 5.41) is 8.43. The van der Waals surface area contributed by atoms with Gasteiger partial charge in [-0.1, -0.05) is 32.6 Å². The molecule has 1 aliphatic carbocycles. The minimum absolute atomic E-state index is 0.659. The number of anilines is 1. The normalized spacial score (nSPS) is 23.9. The number of hydrogen-bond donors (Lipinski definition) is 1. The van der Waals surface area contributed by atoms with Crippen LogP contribution in [0.2, 0.25) is 0 Å². The first kappa shape index (κ1) is 13.0. The Kier molecular flexibility index (Phi) is 4.09. The van der Waals surface area contributed by atoms with Gasteiger partial charge in [-0.05, 0) is 38.0 Å². The van der Waals surface area contributed by atoms with Gasteiger partial charge in [0.1, 0.15) is 5.82 Å². The number of rotatable bonds is 4. The van der Waals surface area contributed by atoms with E-state index in [4.69, 9.17) is 5.10 Å². The average molecular weight is 261 g/mol. The number of unbranched alkanes of at least 4 members (excludes halogenated alkanes) is 1. The standard InChI is InChI=1S/C16H27N3/c1-2-3-9-14-12-16-17-11-10-15(19(16)18-14)13-7-5-4-6-8-13/h12-13,15,17H,2-11H2,1H3. The van der Waals surface area contributed by atoms with Crippen LogP contribution in [-0.2, 0) is 6.42 Å². The third kappa shape index (κ3) is 2.80. The topological polar surface area (TPSA) is 29.9 Å². The molecule has 0 aromatic carbocycles. The zero-order valence-corrected chi connectivity index (χ0v) is 12.2. The fraction of sp³-hybridized carbons (Fsp3) is 0.812. The van der Waals surface area contributed by atoms with Crippen molar-refractivity contribution in [2.75, 3.05) is 11.9 Å². The van der Waals surface area contributed by atoms with Crippen molar-refractivity contribution in [2.24, 2.45) is 5.92 Å². The molecule has 1 N–H and O–H groups in total. The molecule has 1 atom stereocenters. The summed E-state index contributed by atoms with van der Waals surface area (Å²) in [6.45, 7) is 3.37. The molecule has 0 saturated heterocycles. The summed E-state index contributed by atoms with van der Waals surface area (Å²) in [6.07, 6.45) is 12.0. The predicted octanol–water partition coefficient (Wildman–Crippen LogP) is 4.16. The molecule has 19 heavy (non-hydrogen) atoms. The van der Waals surface area contributed by atoms with Crippen LogP contribution < -0.4 is 5.32 Å². The SMILES string of the molecule is CCCCc1cc2n(n1)C(C1CCCCC1)CCN2. The van der Waals surface area contributed by atoms with Gasteiger partial charge in [-0.2, -0.15) is 5.10 Å². The average Bonchev–Trinajstić information content (AvgIpc) is 2.88. The van der Waals surface area contributed by atoms with Gasteiger partial charge in [-0.15, -0.1) is 0 Å². The molecule has 1 aromatic rings. The van der Waals surface area contributed by atoms with Crippen LogP contribution in [0.15, 0.2) is 6.07 Å². The molecule has 0 amide bonds. The van der Waals surface area contributed by atoms with Crippen LogP contribution in [-0.4, -0.2) is 16.3 Å². The minimum Gasteiger partial charge on any atom is -0.370 e. The van der Waals surface area contributed by atoms with E-state index >= 15 is 0 Å². The summed E-state index contributed by atoms with van der Waals surface area (Å²) < 4.78 is 2.32. The van der Waals surface area contributed by atoms with E-state index in [-0.39, 0.29) is 0 Å². The van der Waals surface area contributed by atoms with Gasteiger partial charge in [0.2, 0.25) is 0 Å². The maximum Gasteiger partial charge on any atom is 0.124 e. The highest BCUT2D eigenvalue weighted by Gasteiger charge is 2.29. The minimum atomic E-state index is 0.659. The summed E-state index contributed by atoms with van der Waals surface area (Å²) in [4.78, 5) is 0. The quantitative estimate of drug-likeness (QED) is 0.882. The molecule has 1 saturated carbocycles. The Morgan fingerprint density at radius 2 is 2.11 bits per heavy atom. The summed E-state index contributed by atoms with van der Waals surface area (Å²) in [6, 6.07) is 2.94. The lowest BCUT2D eigenvalue weighted by Gasteiger charge is -2.34. The Hall–Kier alpha value is -0.990. The summed E-state index contributed by atoms with van der Waals surface area (Å²) >= 11 is 0. The first-order chi connectivity index (χ1) is 9.38. The number of aryl methyl sites for hydroxylation is 1. The van der Waals surface area contributed by atoms with Gasteiger partial charge in [0, 0.05) is 12.6 Å². The number of hydrogen-bond acceptors (Lipinski definition) is 2. The highest BCUT2D eigenvalue weighted by atomic mass is 15.4. The first-order valence-electron chi connectivity index (χ1n) is 8.21. The van der Waals surface area contributed by atoms with E-state index < -0.39 is 0 Å². The highest BCUT2D eigenvalue weighted by Crippen LogP contribution is 2.38. The molecule has 1 fully saturated rings. The maximum atomic E-state index is 4.90. The van der Waals surface area contributed by atoms with E-state index in [0.29, 0.717) is 6.04 Å². The Morgan fingerprint density at radius 1 is 1.26 bits per heavy atom. The molecular weight excluding hydrogens is 234 g/mol. The lowest BCUT2D eigenvalue weighted by Crippen LogP contribution is -2.30. The van der Waals surface area contributed by atoms with Crippen LogP contribution in [0.1, 0.15) is 70.0 Å². The monoisotopic (exact) mass is 261 g/mol. The molecule has 0 radical (unpaired) electrons. The van der Waals surface area contributed by atoms with Crippen molar-refractivity contribution in [1.82, 2.24) is 9.78 Å². The zero-order chi connectivity index (χ0) is 13.1. The Morgan fingerprint density at radius 3 is 2.89 bits per heavy atom. The van der Waals surface area contributed by atoms with Gasteiger partial charge in [0.15, 0.2) is 0 Å². The molecule has 3 rings (SSSR count). The molecular formula is C16H27N3. The van der Waals surface area contributed by atoms with Crippen molar-refractivity contribution in [3.8, 4) is 0 Å². The Bertz CT molecular complexity index is 404. The van der Waals surface area contributed by atoms with Crippen LogP contribution in [0.3, 0.4) is 0 Å². The highest BCUT2D eigenvalue weighted by molar-refractivity contribution is 5.39. The second kappa shape index (κ2) is 5.98. The first-order valence-corrected chi connectivity index (χ1v) is 8.21. The predicted molar refractivity (Wildman–Crippen MR) is 79.6 cm³/mol. The lowest BCUT2D eigenvalue weighted by atomic mass is 9.82. The number of aromatic nitrogens is 2. The smallest absolute Gasteiger partial charge is 0.124 e. The molecule has 106 valence electrons. The van der Waals surface area contributed by atoms with E-state index in [0.717, 1.165) is 18.9 Å². The second-order valence-electron chi connectivity index (χ2n) is 6.25. The van der Waals surface area contributed by atoms with Crippen LogP contribution in [0, 0.1) is 5.92 Å². The fourth-order valence-corrected chi connectivity index (χ4v) is 3.73. The molecule has 0 spiro atoms. The third-order valence-corrected chi connectivity index (χ3v) is 4.83. The van der Waals surface area contributed by atoms with Crippen molar-refractivity contribution in [2.45, 2.75) is 70.8 Å². The molecule has 3 nitrogen and oxygen atoms in total. The van der Waals surface area contributed by atoms with Crippen molar-refractivity contribution in [1.29, 1.82) is 0 Å². The van der Waals surface area contributed by atoms with E-state index in [1.54, 1.807) is 0 Å². The van der Waals surface area contributed by atoms with Crippen LogP contribution in [0.4, 0.5) is 5.82 Å². The van der Waals surface area contributed by atoms with Crippen LogP contribution in [0.5, 0.6) is 0 Å². The van der Waals surface area contributed by atoms with Crippen molar-refractivity contribution in [3.05, 3.63) is 11.8 Å². The Labute approximate surface area is 116 Å². The lowest BCUT2D eigenvalue weighted by molar-refractivity contribution is 0.222. The van der Waals surface area contributed by atoms with E-state index in [2.05, 4.69) is 23.0 Å². The van der Waals surface area contributed by atoms with Gasteiger partial charge in [-0.3, -0.25) is 0 Å². The van der Waals surface area contributed by atoms with Crippen LogP contribution in [0.25, 0.3) is 0 Å². The van der Waals surface area contributed by atoms with E-state index in [1.165, 1.54) is 62.9 Å². The van der Waals surface area contributed by atoms with Gasteiger partial charge in [-0.25, -0.2) is 4.68 Å². The van der Waals surface area contributed by atoms with Gasteiger partial charge >= 0.3 is 0 Å². The molecule has 2 aliphatic rings. The van der Waals surface area contributed by atoms with Crippen molar-refractivity contribution < 1.29 is 0 Å². The third-order valence-electron chi connectivity index (χ3n) is 4.83. The van der Waals surface area contributed by atoms with Crippen molar-refractivity contribution in [3.63, 3.8) is 0 Å². The summed E-state index contributed by atoms with van der Waals surface area (Å²) in [5.74, 6) is 2.14. The van der Waals surface area contributed by atoms with Gasteiger partial charge in [0.05, 0.1) is 11.7 Å². The summed E-state index contributed by atoms with van der Waals surface area (Å²) in [7, 11) is 0. The van der Waals surface area contributed by atoms with E-state index in [1.807, 2.05) is 0 Å². The summed E-state index contributed by atoms with van der Waals surface area (Å²) in [5.41, 5.74) is 1.28. The molecule has 2 heterocycles. The maximum absolute atomic E-state index is 4.90. The van der Waals surface area contributed by atoms with Crippen LogP contribution >= 0.6 is 0 Å². The van der Waals surface area contributed by atoms with Crippen molar-refractivity contribution >= 4 is 5.82 Å². The van der Waals surface area contributed by atoms with E-state index in [9.17, 15) is 0 Å². The number of nitrogens with zero attached hydrogens (tertiary/aromatic N) is 2. The largest absolute Gasteiger partial charge is 0.370 e. The molecule has 1 unspecified atom stereocenters. The van der Waals surface area contributed by atoms with Gasteiger partial charge < -0.3 is 5.32 Å². The zero-order valence-electron chi connectivity index (χ0n) is 12.2. The van der Waals surface area contributed by atoms with Gasteiger partial charge in [0.25, 0.3) is 0 Å². The number of nitrogens with one attached hydrogen (secondary N) is 1. The molecule has 1 aromatic heterocycles. The molecule has 3 heteroatoms. The Balaban J connectivity index is 1.76. The molecule has 1 aliphatic heterocycles. The molecule has 0 bridgehead atoms. The fourth-order valence-electron chi connectivity index (χ4n) is 3.73.